The van der Waals surface area contributed by atoms with Crippen molar-refractivity contribution in [2.24, 2.45) is 0 Å². The second-order valence-electron chi connectivity index (χ2n) is 9.34. The zero-order chi connectivity index (χ0) is 27.5. The van der Waals surface area contributed by atoms with Gasteiger partial charge in [0, 0.05) is 10.6 Å². The minimum atomic E-state index is -1.03. The third kappa shape index (κ3) is 8.35. The number of rotatable bonds is 14. The van der Waals surface area contributed by atoms with E-state index in [2.05, 4.69) is 12.2 Å². The third-order valence-corrected chi connectivity index (χ3v) is 7.35. The molecule has 38 heavy (non-hydrogen) atoms. The van der Waals surface area contributed by atoms with Crippen LogP contribution in [0.2, 0.25) is 5.02 Å². The highest BCUT2D eigenvalue weighted by atomic mass is 35.5. The minimum absolute atomic E-state index is 0.0914. The van der Waals surface area contributed by atoms with E-state index in [0.717, 1.165) is 47.1 Å². The molecular formula is C31H36ClNO4S. The largest absolute Gasteiger partial charge is 0.480 e. The lowest BCUT2D eigenvalue weighted by molar-refractivity contribution is -0.139. The predicted molar refractivity (Wildman–Crippen MR) is 157 cm³/mol. The van der Waals surface area contributed by atoms with E-state index in [1.807, 2.05) is 73.8 Å². The van der Waals surface area contributed by atoms with Crippen molar-refractivity contribution < 1.29 is 19.4 Å². The quantitative estimate of drug-likeness (QED) is 0.214. The first-order valence-electron chi connectivity index (χ1n) is 12.9. The summed E-state index contributed by atoms with van der Waals surface area (Å²) >= 11 is 7.79. The molecule has 0 heterocycles. The molecule has 0 aliphatic rings. The Morgan fingerprint density at radius 2 is 1.82 bits per heavy atom. The van der Waals surface area contributed by atoms with Gasteiger partial charge in [0.15, 0.2) is 0 Å². The van der Waals surface area contributed by atoms with Crippen molar-refractivity contribution in [3.63, 3.8) is 0 Å². The molecule has 3 rings (SSSR count). The summed E-state index contributed by atoms with van der Waals surface area (Å²) in [6, 6.07) is 20.3. The molecule has 0 fully saturated rings. The highest BCUT2D eigenvalue weighted by Crippen LogP contribution is 2.31. The van der Waals surface area contributed by atoms with Crippen LogP contribution in [0.1, 0.15) is 65.8 Å². The highest BCUT2D eigenvalue weighted by molar-refractivity contribution is 7.98. The van der Waals surface area contributed by atoms with Gasteiger partial charge in [0.05, 0.1) is 12.7 Å². The molecule has 2 N–H and O–H groups in total. The van der Waals surface area contributed by atoms with E-state index >= 15 is 0 Å². The number of thioether (sulfide) groups is 1. The van der Waals surface area contributed by atoms with Gasteiger partial charge in [-0.3, -0.25) is 4.79 Å². The van der Waals surface area contributed by atoms with Crippen LogP contribution in [0.25, 0.3) is 11.1 Å². The second kappa shape index (κ2) is 15.0. The molecule has 3 aromatic rings. The fourth-order valence-electron chi connectivity index (χ4n) is 4.35. The number of carboxylic acids is 1. The maximum Gasteiger partial charge on any atom is 0.326 e. The molecule has 1 amide bonds. The van der Waals surface area contributed by atoms with E-state index in [-0.39, 0.29) is 6.10 Å². The number of carbonyl (C=O) groups is 2. The number of carbonyl (C=O) groups excluding carboxylic acids is 1. The van der Waals surface area contributed by atoms with Crippen LogP contribution < -0.4 is 5.32 Å². The summed E-state index contributed by atoms with van der Waals surface area (Å²) in [5.74, 6) is -0.790. The Morgan fingerprint density at radius 1 is 1.03 bits per heavy atom. The van der Waals surface area contributed by atoms with E-state index in [0.29, 0.717) is 29.4 Å². The first kappa shape index (κ1) is 29.8. The van der Waals surface area contributed by atoms with Gasteiger partial charge >= 0.3 is 5.97 Å². The number of amides is 1. The van der Waals surface area contributed by atoms with Crippen LogP contribution >= 0.6 is 23.4 Å². The summed E-state index contributed by atoms with van der Waals surface area (Å²) < 4.78 is 6.39. The molecule has 202 valence electrons. The van der Waals surface area contributed by atoms with Gasteiger partial charge in [0.2, 0.25) is 0 Å². The van der Waals surface area contributed by atoms with Crippen LogP contribution in [0.5, 0.6) is 0 Å². The van der Waals surface area contributed by atoms with Gasteiger partial charge in [-0.2, -0.15) is 11.8 Å². The average Bonchev–Trinajstić information content (AvgIpc) is 2.91. The van der Waals surface area contributed by atoms with Gasteiger partial charge in [-0.25, -0.2) is 4.79 Å². The number of halogens is 1. The molecule has 0 bridgehead atoms. The number of aliphatic carboxylic acids is 1. The van der Waals surface area contributed by atoms with Gasteiger partial charge in [-0.1, -0.05) is 73.8 Å². The maximum absolute atomic E-state index is 13.3. The molecule has 7 heteroatoms. The number of hydrogen-bond acceptors (Lipinski definition) is 4. The van der Waals surface area contributed by atoms with E-state index in [1.165, 1.54) is 0 Å². The zero-order valence-electron chi connectivity index (χ0n) is 22.2. The van der Waals surface area contributed by atoms with Crippen molar-refractivity contribution in [3.8, 4) is 11.1 Å². The molecular weight excluding hydrogens is 518 g/mol. The Labute approximate surface area is 234 Å². The van der Waals surface area contributed by atoms with Gasteiger partial charge in [-0.15, -0.1) is 0 Å². The number of unbranched alkanes of at least 4 members (excludes halogenated alkanes) is 1. The van der Waals surface area contributed by atoms with Crippen molar-refractivity contribution in [3.05, 3.63) is 94.0 Å². The van der Waals surface area contributed by atoms with Crippen molar-refractivity contribution in [1.82, 2.24) is 5.32 Å². The topological polar surface area (TPSA) is 75.6 Å². The molecule has 0 saturated carbocycles. The molecule has 0 radical (unpaired) electrons. The van der Waals surface area contributed by atoms with Gasteiger partial charge in [0.1, 0.15) is 6.04 Å². The van der Waals surface area contributed by atoms with Gasteiger partial charge in [0.25, 0.3) is 5.91 Å². The van der Waals surface area contributed by atoms with Crippen LogP contribution in [0, 0.1) is 6.92 Å². The molecule has 5 nitrogen and oxygen atoms in total. The van der Waals surface area contributed by atoms with Crippen LogP contribution in [-0.2, 0) is 16.1 Å². The highest BCUT2D eigenvalue weighted by Gasteiger charge is 2.23. The molecule has 2 unspecified atom stereocenters. The summed E-state index contributed by atoms with van der Waals surface area (Å²) in [4.78, 5) is 25.1. The van der Waals surface area contributed by atoms with Crippen molar-refractivity contribution in [1.29, 1.82) is 0 Å². The van der Waals surface area contributed by atoms with E-state index < -0.39 is 17.9 Å². The van der Waals surface area contributed by atoms with Gasteiger partial charge in [-0.05, 0) is 83.9 Å². The minimum Gasteiger partial charge on any atom is -0.480 e. The second-order valence-corrected chi connectivity index (χ2v) is 10.8. The summed E-state index contributed by atoms with van der Waals surface area (Å²) in [6.07, 6.45) is 5.16. The smallest absolute Gasteiger partial charge is 0.326 e. The molecule has 0 saturated heterocycles. The third-order valence-electron chi connectivity index (χ3n) is 6.47. The van der Waals surface area contributed by atoms with E-state index in [4.69, 9.17) is 16.3 Å². The molecule has 0 aromatic heterocycles. The summed E-state index contributed by atoms with van der Waals surface area (Å²) in [5.41, 5.74) is 5.12. The molecule has 0 aliphatic carbocycles. The average molecular weight is 554 g/mol. The first-order valence-corrected chi connectivity index (χ1v) is 14.7. The fraction of sp³-hybridized carbons (Fsp3) is 0.355. The monoisotopic (exact) mass is 553 g/mol. The van der Waals surface area contributed by atoms with Crippen LogP contribution in [0.15, 0.2) is 66.7 Å². The molecule has 0 spiro atoms. The van der Waals surface area contributed by atoms with Crippen molar-refractivity contribution in [2.75, 3.05) is 12.0 Å². The van der Waals surface area contributed by atoms with Gasteiger partial charge < -0.3 is 15.2 Å². The number of benzene rings is 3. The number of hydrogen-bond donors (Lipinski definition) is 2. The zero-order valence-corrected chi connectivity index (χ0v) is 23.8. The lowest BCUT2D eigenvalue weighted by atomic mass is 9.93. The Balaban J connectivity index is 1.90. The Kier molecular flexibility index (Phi) is 11.7. The number of aryl methyl sites for hydroxylation is 1. The Morgan fingerprint density at radius 3 is 2.50 bits per heavy atom. The fourth-order valence-corrected chi connectivity index (χ4v) is 5.02. The SMILES string of the molecule is CCCCC(OCc1ccc(C(=O)NC(CCSC)C(=O)O)c(-c2ccccc2C)c1)c1cccc(Cl)c1. The summed E-state index contributed by atoms with van der Waals surface area (Å²) in [5, 5.41) is 13.0. The number of nitrogens with one attached hydrogen (secondary N) is 1. The molecule has 0 aliphatic heterocycles. The Bertz CT molecular complexity index is 1230. The molecule has 3 aromatic carbocycles. The van der Waals surface area contributed by atoms with Crippen molar-refractivity contribution >= 4 is 35.2 Å². The van der Waals surface area contributed by atoms with Crippen LogP contribution in [-0.4, -0.2) is 35.0 Å². The van der Waals surface area contributed by atoms with Crippen molar-refractivity contribution in [2.45, 2.75) is 58.3 Å². The lowest BCUT2D eigenvalue weighted by Crippen LogP contribution is -2.41. The van der Waals surface area contributed by atoms with E-state index in [9.17, 15) is 14.7 Å². The summed E-state index contributed by atoms with van der Waals surface area (Å²) in [7, 11) is 0. The number of carboxylic acid groups (broad SMARTS) is 1. The predicted octanol–water partition coefficient (Wildman–Crippen LogP) is 7.70. The normalized spacial score (nSPS) is 12.6. The Hall–Kier alpha value is -2.80. The van der Waals surface area contributed by atoms with Crippen LogP contribution in [0.3, 0.4) is 0 Å². The summed E-state index contributed by atoms with van der Waals surface area (Å²) in [6.45, 7) is 4.52. The number of ether oxygens (including phenoxy) is 1. The lowest BCUT2D eigenvalue weighted by Gasteiger charge is -2.20. The standard InChI is InChI=1S/C31H36ClNO4S/c1-4-5-13-29(23-10-8-11-24(32)19-23)37-20-22-14-15-26(27(18-22)25-12-7-6-9-21(25)2)30(34)33-28(31(35)36)16-17-38-3/h6-12,14-15,18-19,28-29H,4-5,13,16-17,20H2,1-3H3,(H,33,34)(H,35,36). The molecule has 2 atom stereocenters. The first-order chi connectivity index (χ1) is 18.3. The van der Waals surface area contributed by atoms with E-state index in [1.54, 1.807) is 17.8 Å². The van der Waals surface area contributed by atoms with Crippen LogP contribution in [0.4, 0.5) is 0 Å². The maximum atomic E-state index is 13.3.